The molecule has 0 aliphatic rings. The van der Waals surface area contributed by atoms with E-state index in [9.17, 15) is 4.57 Å². The van der Waals surface area contributed by atoms with Crippen LogP contribution in [-0.4, -0.2) is 18.2 Å². The Morgan fingerprint density at radius 2 is 1.64 bits per heavy atom. The van der Waals surface area contributed by atoms with Gasteiger partial charge in [0.15, 0.2) is 0 Å². The lowest BCUT2D eigenvalue weighted by Crippen LogP contribution is -2.10. The molecule has 4 nitrogen and oxygen atoms in total. The molecule has 0 saturated carbocycles. The van der Waals surface area contributed by atoms with E-state index < -0.39 is 7.60 Å². The van der Waals surface area contributed by atoms with Gasteiger partial charge >= 0.3 is 7.60 Å². The molecule has 0 saturated heterocycles. The van der Waals surface area contributed by atoms with Gasteiger partial charge in [0, 0.05) is 12.4 Å². The van der Waals surface area contributed by atoms with E-state index in [1.807, 2.05) is 36.4 Å². The summed E-state index contributed by atoms with van der Waals surface area (Å²) in [5.74, 6) is 0. The third kappa shape index (κ3) is 4.38. The van der Waals surface area contributed by atoms with Gasteiger partial charge < -0.3 is 9.05 Å². The van der Waals surface area contributed by atoms with Crippen LogP contribution in [0.1, 0.15) is 25.0 Å². The van der Waals surface area contributed by atoms with Crippen molar-refractivity contribution >= 4 is 25.1 Å². The highest BCUT2D eigenvalue weighted by molar-refractivity contribution is 7.62. The van der Waals surface area contributed by atoms with Crippen molar-refractivity contribution in [2.24, 2.45) is 0 Å². The van der Waals surface area contributed by atoms with E-state index in [1.165, 1.54) is 0 Å². The number of aromatic nitrogens is 1. The molecule has 1 aromatic carbocycles. The summed E-state index contributed by atoms with van der Waals surface area (Å²) < 4.78 is 23.3. The molecule has 0 atom stereocenters. The van der Waals surface area contributed by atoms with E-state index in [4.69, 9.17) is 9.05 Å². The third-order valence-corrected chi connectivity index (χ3v) is 5.09. The maximum atomic E-state index is 12.6. The van der Waals surface area contributed by atoms with Gasteiger partial charge in [0.25, 0.3) is 0 Å². The topological polar surface area (TPSA) is 48.4 Å². The summed E-state index contributed by atoms with van der Waals surface area (Å²) in [6.07, 6.45) is 7.49. The Balaban J connectivity index is 2.16. The molecule has 0 amide bonds. The van der Waals surface area contributed by atoms with Crippen LogP contribution >= 0.6 is 7.60 Å². The summed E-state index contributed by atoms with van der Waals surface area (Å²) in [4.78, 5) is 4.06. The van der Waals surface area contributed by atoms with E-state index in [1.54, 1.807) is 38.4 Å². The molecule has 0 aliphatic carbocycles. The summed E-state index contributed by atoms with van der Waals surface area (Å²) in [6.45, 7) is 4.30. The molecule has 1 heterocycles. The molecule has 0 radical (unpaired) electrons. The van der Waals surface area contributed by atoms with Gasteiger partial charge in [0.05, 0.1) is 18.5 Å². The van der Waals surface area contributed by atoms with Crippen LogP contribution in [0.2, 0.25) is 0 Å². The molecule has 0 unspecified atom stereocenters. The van der Waals surface area contributed by atoms with Gasteiger partial charge in [-0.05, 0) is 43.2 Å². The van der Waals surface area contributed by atoms with E-state index in [-0.39, 0.29) is 0 Å². The first-order chi connectivity index (χ1) is 10.7. The maximum Gasteiger partial charge on any atom is 0.361 e. The quantitative estimate of drug-likeness (QED) is 0.720. The fourth-order valence-electron chi connectivity index (χ4n) is 1.96. The molecule has 0 aliphatic heterocycles. The summed E-state index contributed by atoms with van der Waals surface area (Å²) in [5.41, 5.74) is 2.04. The average molecular weight is 317 g/mol. The van der Waals surface area contributed by atoms with Crippen LogP contribution in [0.4, 0.5) is 0 Å². The second kappa shape index (κ2) is 8.04. The van der Waals surface area contributed by atoms with E-state index in [0.717, 1.165) is 11.1 Å². The van der Waals surface area contributed by atoms with Gasteiger partial charge in [0.1, 0.15) is 0 Å². The zero-order chi connectivity index (χ0) is 15.8. The molecule has 5 heteroatoms. The fourth-order valence-corrected chi connectivity index (χ4v) is 3.53. The lowest BCUT2D eigenvalue weighted by molar-refractivity contribution is 0.230. The van der Waals surface area contributed by atoms with Crippen molar-refractivity contribution in [2.45, 2.75) is 13.8 Å². The standard InChI is InChI=1S/C17H20NO3P/c1-3-20-22(19,21-4-2)17-11-9-15(10-12-17)7-8-16-6-5-13-18-14-16/h5-14H,3-4H2,1-2H3/b8-7+. The first-order valence-corrected chi connectivity index (χ1v) is 8.80. The van der Waals surface area contributed by atoms with Crippen LogP contribution in [0.3, 0.4) is 0 Å². The van der Waals surface area contributed by atoms with Crippen LogP contribution in [-0.2, 0) is 13.6 Å². The number of hydrogen-bond acceptors (Lipinski definition) is 4. The number of benzene rings is 1. The molecule has 1 aromatic heterocycles. The first kappa shape index (κ1) is 16.6. The minimum atomic E-state index is -3.20. The molecule has 116 valence electrons. The van der Waals surface area contributed by atoms with Gasteiger partial charge in [0.2, 0.25) is 0 Å². The Kier molecular flexibility index (Phi) is 6.08. The Bertz CT molecular complexity index is 643. The molecular weight excluding hydrogens is 297 g/mol. The molecule has 0 spiro atoms. The molecule has 2 aromatic rings. The van der Waals surface area contributed by atoms with Crippen LogP contribution in [0.5, 0.6) is 0 Å². The van der Waals surface area contributed by atoms with Gasteiger partial charge in [-0.2, -0.15) is 0 Å². The number of hydrogen-bond donors (Lipinski definition) is 0. The number of nitrogens with zero attached hydrogens (tertiary/aromatic N) is 1. The van der Waals surface area contributed by atoms with Crippen molar-refractivity contribution in [2.75, 3.05) is 13.2 Å². The predicted molar refractivity (Wildman–Crippen MR) is 90.1 cm³/mol. The number of pyridine rings is 1. The molecule has 2 rings (SSSR count). The van der Waals surface area contributed by atoms with Gasteiger partial charge in [-0.25, -0.2) is 0 Å². The van der Waals surface area contributed by atoms with Crippen molar-refractivity contribution in [3.05, 3.63) is 59.9 Å². The normalized spacial score (nSPS) is 11.9. The van der Waals surface area contributed by atoms with Crippen LogP contribution in [0.25, 0.3) is 12.2 Å². The minimum Gasteiger partial charge on any atom is -0.305 e. The largest absolute Gasteiger partial charge is 0.361 e. The lowest BCUT2D eigenvalue weighted by atomic mass is 10.2. The highest BCUT2D eigenvalue weighted by Crippen LogP contribution is 2.46. The summed E-state index contributed by atoms with van der Waals surface area (Å²) in [6, 6.07) is 11.2. The van der Waals surface area contributed by atoms with Crippen LogP contribution in [0.15, 0.2) is 48.8 Å². The van der Waals surface area contributed by atoms with Gasteiger partial charge in [-0.1, -0.05) is 30.4 Å². The van der Waals surface area contributed by atoms with Crippen molar-refractivity contribution in [3.63, 3.8) is 0 Å². The second-order valence-corrected chi connectivity index (χ2v) is 6.57. The van der Waals surface area contributed by atoms with Gasteiger partial charge in [-0.3, -0.25) is 9.55 Å². The van der Waals surface area contributed by atoms with Crippen molar-refractivity contribution in [1.82, 2.24) is 4.98 Å². The van der Waals surface area contributed by atoms with Crippen LogP contribution < -0.4 is 5.30 Å². The molecule has 0 N–H and O–H groups in total. The molecule has 0 fully saturated rings. The monoisotopic (exact) mass is 317 g/mol. The third-order valence-electron chi connectivity index (χ3n) is 2.96. The Hall–Kier alpha value is -1.74. The molecular formula is C17H20NO3P. The Labute approximate surface area is 131 Å². The van der Waals surface area contributed by atoms with Crippen molar-refractivity contribution in [1.29, 1.82) is 0 Å². The van der Waals surface area contributed by atoms with E-state index in [2.05, 4.69) is 4.98 Å². The van der Waals surface area contributed by atoms with E-state index >= 15 is 0 Å². The lowest BCUT2D eigenvalue weighted by Gasteiger charge is -2.17. The molecule has 0 bridgehead atoms. The SMILES string of the molecule is CCOP(=O)(OCC)c1ccc(/C=C/c2cccnc2)cc1. The maximum absolute atomic E-state index is 12.6. The average Bonchev–Trinajstić information content (AvgIpc) is 2.55. The molecule has 22 heavy (non-hydrogen) atoms. The highest BCUT2D eigenvalue weighted by Gasteiger charge is 2.26. The second-order valence-electron chi connectivity index (χ2n) is 4.54. The summed E-state index contributed by atoms with van der Waals surface area (Å²) >= 11 is 0. The van der Waals surface area contributed by atoms with Gasteiger partial charge in [-0.15, -0.1) is 0 Å². The summed E-state index contributed by atoms with van der Waals surface area (Å²) in [5, 5.41) is 0.578. The van der Waals surface area contributed by atoms with Crippen molar-refractivity contribution in [3.8, 4) is 0 Å². The Morgan fingerprint density at radius 1 is 1.00 bits per heavy atom. The van der Waals surface area contributed by atoms with Crippen molar-refractivity contribution < 1.29 is 13.6 Å². The first-order valence-electron chi connectivity index (χ1n) is 7.26. The minimum absolute atomic E-state index is 0.347. The van der Waals surface area contributed by atoms with E-state index in [0.29, 0.717) is 18.5 Å². The highest BCUT2D eigenvalue weighted by atomic mass is 31.2. The Morgan fingerprint density at radius 3 is 2.18 bits per heavy atom. The summed E-state index contributed by atoms with van der Waals surface area (Å²) in [7, 11) is -3.20. The fraction of sp³-hybridized carbons (Fsp3) is 0.235. The predicted octanol–water partition coefficient (Wildman–Crippen LogP) is 4.14. The zero-order valence-electron chi connectivity index (χ0n) is 12.8. The zero-order valence-corrected chi connectivity index (χ0v) is 13.7. The van der Waals surface area contributed by atoms with Crippen LogP contribution in [0, 0.1) is 0 Å². The number of rotatable bonds is 7. The smallest absolute Gasteiger partial charge is 0.305 e.